The Balaban J connectivity index is 1.11. The van der Waals surface area contributed by atoms with Gasteiger partial charge in [0.05, 0.1) is 11.1 Å². The highest BCUT2D eigenvalue weighted by Crippen LogP contribution is 2.47. The molecule has 11 aromatic rings. The molecular weight excluding hydrogens is 697 g/mol. The Morgan fingerprint density at radius 3 is 1.60 bits per heavy atom. The largest absolute Gasteiger partial charge is 0.455 e. The fourth-order valence-electron chi connectivity index (χ4n) is 8.11. The number of oxazole rings is 1. The second kappa shape index (κ2) is 13.6. The molecule has 0 radical (unpaired) electrons. The van der Waals surface area contributed by atoms with Crippen LogP contribution in [-0.2, 0) is 0 Å². The Bertz CT molecular complexity index is 3120. The molecule has 57 heavy (non-hydrogen) atoms. The summed E-state index contributed by atoms with van der Waals surface area (Å²) in [7, 11) is 0. The zero-order valence-corrected chi connectivity index (χ0v) is 30.8. The fourth-order valence-corrected chi connectivity index (χ4v) is 8.11. The lowest BCUT2D eigenvalue weighted by atomic mass is 9.99. The Morgan fingerprint density at radius 1 is 0.386 bits per heavy atom. The predicted molar refractivity (Wildman–Crippen MR) is 235 cm³/mol. The molecule has 0 bridgehead atoms. The van der Waals surface area contributed by atoms with Crippen molar-refractivity contribution in [1.29, 1.82) is 0 Å². The first-order chi connectivity index (χ1) is 28.2. The number of hydrogen-bond acceptors (Lipinski definition) is 4. The SMILES string of the molecule is c1ccc(-c2ccc(N(c3ccc(-c4ccccc4)cc3)c3cc4ccccc4c4oc5cc(-c6cccc7nc(-c8ccccc8)oc67)ccc5c34)cc2)cc1. The lowest BCUT2D eigenvalue weighted by molar-refractivity contribution is 0.621. The summed E-state index contributed by atoms with van der Waals surface area (Å²) in [4.78, 5) is 7.20. The molecular formula is C53H34N2O2. The standard InChI is InChI=1S/C53H34N2O2/c1-4-13-35(14-5-1)37-23-28-42(29-24-37)55(43-30-25-38(26-31-43)36-15-6-2-7-16-36)48-33-40-19-10-11-20-45(40)52-50(48)46-32-27-41(34-49(46)56-52)44-21-12-22-47-51(44)57-53(54-47)39-17-8-3-9-18-39/h1-34H. The molecule has 0 saturated carbocycles. The summed E-state index contributed by atoms with van der Waals surface area (Å²) in [5.41, 5.74) is 14.0. The molecule has 0 aliphatic rings. The molecule has 0 unspecified atom stereocenters. The topological polar surface area (TPSA) is 42.4 Å². The van der Waals surface area contributed by atoms with Gasteiger partial charge in [0, 0.05) is 33.3 Å². The Kier molecular flexibility index (Phi) is 7.78. The minimum absolute atomic E-state index is 0.604. The summed E-state index contributed by atoms with van der Waals surface area (Å²) in [6, 6.07) is 72.2. The second-order valence-electron chi connectivity index (χ2n) is 14.3. The van der Waals surface area contributed by atoms with E-state index in [1.165, 1.54) is 22.3 Å². The van der Waals surface area contributed by atoms with E-state index in [4.69, 9.17) is 13.8 Å². The molecule has 0 saturated heterocycles. The van der Waals surface area contributed by atoms with E-state index in [2.05, 4.69) is 169 Å². The third-order valence-electron chi connectivity index (χ3n) is 10.9. The van der Waals surface area contributed by atoms with Gasteiger partial charge in [-0.3, -0.25) is 0 Å². The van der Waals surface area contributed by atoms with Gasteiger partial charge in [0.25, 0.3) is 0 Å². The van der Waals surface area contributed by atoms with Gasteiger partial charge in [0.2, 0.25) is 5.89 Å². The van der Waals surface area contributed by atoms with E-state index in [0.717, 1.165) is 77.6 Å². The van der Waals surface area contributed by atoms with Gasteiger partial charge in [0.1, 0.15) is 16.7 Å². The molecule has 2 heterocycles. The van der Waals surface area contributed by atoms with Crippen molar-refractivity contribution in [2.24, 2.45) is 0 Å². The first kappa shape index (κ1) is 32.7. The molecule has 0 spiro atoms. The van der Waals surface area contributed by atoms with E-state index in [1.54, 1.807) is 0 Å². The quantitative estimate of drug-likeness (QED) is 0.164. The van der Waals surface area contributed by atoms with Crippen LogP contribution in [0.25, 0.3) is 88.6 Å². The smallest absolute Gasteiger partial charge is 0.227 e. The highest BCUT2D eigenvalue weighted by atomic mass is 16.3. The van der Waals surface area contributed by atoms with E-state index in [9.17, 15) is 0 Å². The maximum Gasteiger partial charge on any atom is 0.227 e. The molecule has 0 atom stereocenters. The van der Waals surface area contributed by atoms with Crippen LogP contribution in [0.3, 0.4) is 0 Å². The van der Waals surface area contributed by atoms with Crippen molar-refractivity contribution >= 4 is 60.9 Å². The summed E-state index contributed by atoms with van der Waals surface area (Å²) in [5.74, 6) is 0.604. The van der Waals surface area contributed by atoms with Crippen LogP contribution in [0.1, 0.15) is 0 Å². The average Bonchev–Trinajstić information content (AvgIpc) is 3.91. The summed E-state index contributed by atoms with van der Waals surface area (Å²) in [6.45, 7) is 0. The lowest BCUT2D eigenvalue weighted by Crippen LogP contribution is -2.10. The molecule has 4 heteroatoms. The zero-order valence-electron chi connectivity index (χ0n) is 30.8. The predicted octanol–water partition coefficient (Wildman–Crippen LogP) is 15.0. The van der Waals surface area contributed by atoms with Crippen LogP contribution in [-0.4, -0.2) is 4.98 Å². The summed E-state index contributed by atoms with van der Waals surface area (Å²) >= 11 is 0. The Hall–Kier alpha value is -7.69. The molecule has 0 fully saturated rings. The third-order valence-corrected chi connectivity index (χ3v) is 10.9. The summed E-state index contributed by atoms with van der Waals surface area (Å²) in [5, 5.41) is 4.26. The van der Waals surface area contributed by atoms with Crippen LogP contribution in [0.5, 0.6) is 0 Å². The van der Waals surface area contributed by atoms with Crippen molar-refractivity contribution in [2.75, 3.05) is 4.90 Å². The number of rotatable bonds is 7. The van der Waals surface area contributed by atoms with E-state index >= 15 is 0 Å². The normalized spacial score (nSPS) is 11.5. The van der Waals surface area contributed by atoms with Gasteiger partial charge in [-0.25, -0.2) is 4.98 Å². The van der Waals surface area contributed by atoms with Crippen LogP contribution in [0.2, 0.25) is 0 Å². The molecule has 268 valence electrons. The average molecular weight is 731 g/mol. The molecule has 0 amide bonds. The maximum atomic E-state index is 6.96. The van der Waals surface area contributed by atoms with Crippen molar-refractivity contribution in [3.8, 4) is 44.8 Å². The zero-order chi connectivity index (χ0) is 37.7. The Labute approximate surface area is 329 Å². The number of furan rings is 1. The number of fused-ring (bicyclic) bond motifs is 6. The van der Waals surface area contributed by atoms with E-state index in [-0.39, 0.29) is 0 Å². The van der Waals surface area contributed by atoms with Gasteiger partial charge in [0.15, 0.2) is 5.58 Å². The molecule has 0 N–H and O–H groups in total. The van der Waals surface area contributed by atoms with Crippen molar-refractivity contribution < 1.29 is 8.83 Å². The summed E-state index contributed by atoms with van der Waals surface area (Å²) in [6.07, 6.45) is 0. The van der Waals surface area contributed by atoms with Crippen molar-refractivity contribution in [3.63, 3.8) is 0 Å². The lowest BCUT2D eigenvalue weighted by Gasteiger charge is -2.27. The molecule has 2 aromatic heterocycles. The number of para-hydroxylation sites is 1. The molecule has 0 aliphatic heterocycles. The van der Waals surface area contributed by atoms with Gasteiger partial charge in [-0.1, -0.05) is 146 Å². The third kappa shape index (κ3) is 5.74. The molecule has 0 aliphatic carbocycles. The van der Waals surface area contributed by atoms with Gasteiger partial charge in [-0.15, -0.1) is 0 Å². The monoisotopic (exact) mass is 730 g/mol. The highest BCUT2D eigenvalue weighted by Gasteiger charge is 2.23. The van der Waals surface area contributed by atoms with Crippen LogP contribution in [0.15, 0.2) is 215 Å². The van der Waals surface area contributed by atoms with E-state index in [1.807, 2.05) is 42.5 Å². The maximum absolute atomic E-state index is 6.96. The fraction of sp³-hybridized carbons (Fsp3) is 0. The van der Waals surface area contributed by atoms with Crippen LogP contribution >= 0.6 is 0 Å². The van der Waals surface area contributed by atoms with Crippen molar-refractivity contribution in [3.05, 3.63) is 206 Å². The van der Waals surface area contributed by atoms with Gasteiger partial charge < -0.3 is 13.7 Å². The van der Waals surface area contributed by atoms with E-state index in [0.29, 0.717) is 5.89 Å². The number of hydrogen-bond donors (Lipinski definition) is 0. The number of benzene rings is 9. The minimum Gasteiger partial charge on any atom is -0.455 e. The number of aromatic nitrogens is 1. The Morgan fingerprint density at radius 2 is 0.947 bits per heavy atom. The highest BCUT2D eigenvalue weighted by molar-refractivity contribution is 6.22. The van der Waals surface area contributed by atoms with E-state index < -0.39 is 0 Å². The second-order valence-corrected chi connectivity index (χ2v) is 14.3. The van der Waals surface area contributed by atoms with Crippen molar-refractivity contribution in [1.82, 2.24) is 4.98 Å². The van der Waals surface area contributed by atoms with Crippen LogP contribution < -0.4 is 4.90 Å². The number of nitrogens with zero attached hydrogens (tertiary/aromatic N) is 2. The van der Waals surface area contributed by atoms with Gasteiger partial charge >= 0.3 is 0 Å². The first-order valence-electron chi connectivity index (χ1n) is 19.2. The van der Waals surface area contributed by atoms with Crippen LogP contribution in [0, 0.1) is 0 Å². The molecule has 11 rings (SSSR count). The number of anilines is 3. The summed E-state index contributed by atoms with van der Waals surface area (Å²) < 4.78 is 13.4. The van der Waals surface area contributed by atoms with Crippen molar-refractivity contribution in [2.45, 2.75) is 0 Å². The van der Waals surface area contributed by atoms with Gasteiger partial charge in [-0.05, 0) is 93.9 Å². The van der Waals surface area contributed by atoms with Crippen LogP contribution in [0.4, 0.5) is 17.1 Å². The molecule has 4 nitrogen and oxygen atoms in total. The molecule has 9 aromatic carbocycles. The first-order valence-corrected chi connectivity index (χ1v) is 19.2. The minimum atomic E-state index is 0.604. The van der Waals surface area contributed by atoms with Gasteiger partial charge in [-0.2, -0.15) is 0 Å².